The summed E-state index contributed by atoms with van der Waals surface area (Å²) in [6, 6.07) is 6.50. The first-order valence-corrected chi connectivity index (χ1v) is 7.21. The van der Waals surface area contributed by atoms with Gasteiger partial charge in [0.25, 0.3) is 0 Å². The second kappa shape index (κ2) is 6.24. The lowest BCUT2D eigenvalue weighted by Gasteiger charge is -2.29. The Hall–Kier alpha value is -1.02. The van der Waals surface area contributed by atoms with Crippen LogP contribution in [-0.4, -0.2) is 18.8 Å². The third kappa shape index (κ3) is 2.86. The molecule has 18 heavy (non-hydrogen) atoms. The fraction of sp³-hybridized carbons (Fsp3) is 0.625. The molecule has 0 aromatic heterocycles. The van der Waals surface area contributed by atoms with Gasteiger partial charge >= 0.3 is 0 Å². The second-order valence-corrected chi connectivity index (χ2v) is 4.86. The molecule has 1 saturated heterocycles. The normalized spacial score (nSPS) is 25.7. The summed E-state index contributed by atoms with van der Waals surface area (Å²) in [5, 5.41) is 0. The Kier molecular flexibility index (Phi) is 4.65. The van der Waals surface area contributed by atoms with E-state index < -0.39 is 0 Å². The Morgan fingerprint density at radius 2 is 1.94 bits per heavy atom. The lowest BCUT2D eigenvalue weighted by molar-refractivity contribution is 0.00278. The zero-order valence-corrected chi connectivity index (χ0v) is 11.7. The van der Waals surface area contributed by atoms with Crippen molar-refractivity contribution in [3.63, 3.8) is 0 Å². The second-order valence-electron chi connectivity index (χ2n) is 4.86. The molecule has 1 fully saturated rings. The Labute approximate surface area is 110 Å². The lowest BCUT2D eigenvalue weighted by Crippen LogP contribution is -2.34. The van der Waals surface area contributed by atoms with Crippen molar-refractivity contribution in [2.45, 2.75) is 58.7 Å². The van der Waals surface area contributed by atoms with Gasteiger partial charge in [0.15, 0.2) is 0 Å². The molecule has 2 aliphatic rings. The van der Waals surface area contributed by atoms with E-state index in [1.165, 1.54) is 17.5 Å². The van der Waals surface area contributed by atoms with Crippen LogP contribution >= 0.6 is 0 Å². The van der Waals surface area contributed by atoms with Gasteiger partial charge in [-0.2, -0.15) is 0 Å². The quantitative estimate of drug-likeness (QED) is 0.750. The average molecular weight is 248 g/mol. The first kappa shape index (κ1) is 13.4. The van der Waals surface area contributed by atoms with Crippen LogP contribution < -0.4 is 4.74 Å². The van der Waals surface area contributed by atoms with Gasteiger partial charge in [0.1, 0.15) is 11.9 Å². The van der Waals surface area contributed by atoms with E-state index in [9.17, 15) is 0 Å². The van der Waals surface area contributed by atoms with Gasteiger partial charge in [-0.15, -0.1) is 0 Å². The van der Waals surface area contributed by atoms with Crippen LogP contribution in [0.5, 0.6) is 5.75 Å². The van der Waals surface area contributed by atoms with Gasteiger partial charge in [-0.1, -0.05) is 26.0 Å². The van der Waals surface area contributed by atoms with E-state index in [0.29, 0.717) is 6.10 Å². The monoisotopic (exact) mass is 248 g/mol. The number of fused-ring (bicyclic) bond motifs is 1. The Balaban J connectivity index is 0.000000574. The van der Waals surface area contributed by atoms with Gasteiger partial charge in [0.05, 0.1) is 6.10 Å². The van der Waals surface area contributed by atoms with Gasteiger partial charge in [-0.25, -0.2) is 0 Å². The summed E-state index contributed by atoms with van der Waals surface area (Å²) in [7, 11) is 0. The molecule has 0 aliphatic carbocycles. The first-order chi connectivity index (χ1) is 8.83. The summed E-state index contributed by atoms with van der Waals surface area (Å²) in [6.45, 7) is 7.02. The van der Waals surface area contributed by atoms with E-state index >= 15 is 0 Å². The first-order valence-electron chi connectivity index (χ1n) is 7.21. The fourth-order valence-electron chi connectivity index (χ4n) is 2.66. The maximum atomic E-state index is 6.07. The number of aryl methyl sites for hydroxylation is 2. The zero-order chi connectivity index (χ0) is 13.0. The molecule has 2 heteroatoms. The van der Waals surface area contributed by atoms with E-state index in [4.69, 9.17) is 9.47 Å². The zero-order valence-electron chi connectivity index (χ0n) is 11.7. The molecule has 0 spiro atoms. The van der Waals surface area contributed by atoms with Gasteiger partial charge < -0.3 is 9.47 Å². The van der Waals surface area contributed by atoms with E-state index in [1.54, 1.807) is 0 Å². The number of hydrogen-bond acceptors (Lipinski definition) is 2. The predicted octanol–water partition coefficient (Wildman–Crippen LogP) is 3.89. The van der Waals surface area contributed by atoms with E-state index in [1.807, 2.05) is 13.8 Å². The smallest absolute Gasteiger partial charge is 0.125 e. The van der Waals surface area contributed by atoms with Crippen molar-refractivity contribution >= 4 is 0 Å². The third-order valence-electron chi connectivity index (χ3n) is 3.58. The van der Waals surface area contributed by atoms with Crippen molar-refractivity contribution < 1.29 is 9.47 Å². The molecular formula is C16H24O2. The summed E-state index contributed by atoms with van der Waals surface area (Å²) in [6.07, 6.45) is 5.17. The standard InChI is InChI=1S/C14H18O2.C2H6/c1-10-4-5-11-6-7-13(16-14(11)9-10)12-3-2-8-15-12;1-2/h4-5,9,12-13H,2-3,6-8H2,1H3;1-2H3. The number of rotatable bonds is 1. The summed E-state index contributed by atoms with van der Waals surface area (Å²) >= 11 is 0. The average Bonchev–Trinajstić information content (AvgIpc) is 2.94. The number of ether oxygens (including phenoxy) is 2. The highest BCUT2D eigenvalue weighted by Gasteiger charge is 2.30. The molecule has 0 saturated carbocycles. The molecule has 1 aromatic rings. The van der Waals surface area contributed by atoms with Gasteiger partial charge in [0.2, 0.25) is 0 Å². The molecule has 2 atom stereocenters. The molecule has 2 unspecified atom stereocenters. The van der Waals surface area contributed by atoms with Crippen LogP contribution in [0.4, 0.5) is 0 Å². The van der Waals surface area contributed by atoms with Gasteiger partial charge in [-0.05, 0) is 49.8 Å². The van der Waals surface area contributed by atoms with E-state index in [-0.39, 0.29) is 6.10 Å². The van der Waals surface area contributed by atoms with E-state index in [0.717, 1.165) is 31.6 Å². The third-order valence-corrected chi connectivity index (χ3v) is 3.58. The lowest BCUT2D eigenvalue weighted by atomic mass is 9.97. The molecular weight excluding hydrogens is 224 g/mol. The van der Waals surface area contributed by atoms with Crippen molar-refractivity contribution in [1.82, 2.24) is 0 Å². The molecule has 0 N–H and O–H groups in total. The van der Waals surface area contributed by atoms with E-state index in [2.05, 4.69) is 25.1 Å². The van der Waals surface area contributed by atoms with Gasteiger partial charge in [0, 0.05) is 6.61 Å². The molecule has 0 amide bonds. The SMILES string of the molecule is CC.Cc1ccc2c(c1)OC(C1CCCO1)CC2. The predicted molar refractivity (Wildman–Crippen MR) is 74.2 cm³/mol. The molecule has 2 aliphatic heterocycles. The summed E-state index contributed by atoms with van der Waals surface area (Å²) in [5.41, 5.74) is 2.62. The van der Waals surface area contributed by atoms with Crippen LogP contribution in [0.3, 0.4) is 0 Å². The van der Waals surface area contributed by atoms with Crippen molar-refractivity contribution in [2.24, 2.45) is 0 Å². The topological polar surface area (TPSA) is 18.5 Å². The summed E-state index contributed by atoms with van der Waals surface area (Å²) in [5.74, 6) is 1.08. The van der Waals surface area contributed by atoms with Crippen LogP contribution in [0.1, 0.15) is 44.2 Å². The Bertz CT molecular complexity index is 381. The Morgan fingerprint density at radius 1 is 1.11 bits per heavy atom. The molecule has 0 radical (unpaired) electrons. The summed E-state index contributed by atoms with van der Waals surface area (Å²) < 4.78 is 11.8. The summed E-state index contributed by atoms with van der Waals surface area (Å²) in [4.78, 5) is 0. The van der Waals surface area contributed by atoms with Crippen molar-refractivity contribution in [2.75, 3.05) is 6.61 Å². The molecule has 2 heterocycles. The molecule has 100 valence electrons. The largest absolute Gasteiger partial charge is 0.487 e. The number of hydrogen-bond donors (Lipinski definition) is 0. The van der Waals surface area contributed by atoms with Crippen LogP contribution in [0.2, 0.25) is 0 Å². The van der Waals surface area contributed by atoms with Crippen molar-refractivity contribution in [1.29, 1.82) is 0 Å². The van der Waals surface area contributed by atoms with Crippen LogP contribution in [0.15, 0.2) is 18.2 Å². The molecule has 0 bridgehead atoms. The highest BCUT2D eigenvalue weighted by molar-refractivity contribution is 5.38. The van der Waals surface area contributed by atoms with Crippen LogP contribution in [-0.2, 0) is 11.2 Å². The minimum Gasteiger partial charge on any atom is -0.487 e. The maximum Gasteiger partial charge on any atom is 0.125 e. The minimum absolute atomic E-state index is 0.275. The fourth-order valence-corrected chi connectivity index (χ4v) is 2.66. The van der Waals surface area contributed by atoms with Crippen LogP contribution in [0, 0.1) is 6.92 Å². The minimum atomic E-state index is 0.275. The van der Waals surface area contributed by atoms with Crippen molar-refractivity contribution in [3.8, 4) is 5.75 Å². The van der Waals surface area contributed by atoms with Crippen LogP contribution in [0.25, 0.3) is 0 Å². The molecule has 2 nitrogen and oxygen atoms in total. The molecule has 1 aromatic carbocycles. The maximum absolute atomic E-state index is 6.07. The highest BCUT2D eigenvalue weighted by atomic mass is 16.5. The molecule has 3 rings (SSSR count). The van der Waals surface area contributed by atoms with Gasteiger partial charge in [-0.3, -0.25) is 0 Å². The Morgan fingerprint density at radius 3 is 2.67 bits per heavy atom. The number of benzene rings is 1. The highest BCUT2D eigenvalue weighted by Crippen LogP contribution is 2.32. The van der Waals surface area contributed by atoms with Crippen molar-refractivity contribution in [3.05, 3.63) is 29.3 Å².